The van der Waals surface area contributed by atoms with Crippen molar-refractivity contribution >= 4 is 11.8 Å². The van der Waals surface area contributed by atoms with Crippen LogP contribution in [0.1, 0.15) is 27.1 Å². The van der Waals surface area contributed by atoms with Crippen molar-refractivity contribution < 1.29 is 22.8 Å². The largest absolute Gasteiger partial charge is 0.352 e. The molecule has 0 unspecified atom stereocenters. The summed E-state index contributed by atoms with van der Waals surface area (Å²) in [6.07, 6.45) is 0.350. The lowest BCUT2D eigenvalue weighted by atomic mass is 10.2. The van der Waals surface area contributed by atoms with Gasteiger partial charge in [0.2, 0.25) is 0 Å². The predicted octanol–water partition coefficient (Wildman–Crippen LogP) is 2.65. The number of carbonyl (C=O) groups is 2. The van der Waals surface area contributed by atoms with E-state index < -0.39 is 34.8 Å². The monoisotopic (exact) mass is 336 g/mol. The first kappa shape index (κ1) is 17.5. The van der Waals surface area contributed by atoms with Gasteiger partial charge >= 0.3 is 0 Å². The highest BCUT2D eigenvalue weighted by Gasteiger charge is 2.16. The minimum Gasteiger partial charge on any atom is -0.352 e. The van der Waals surface area contributed by atoms with Crippen molar-refractivity contribution in [2.45, 2.75) is 6.42 Å². The van der Waals surface area contributed by atoms with E-state index in [0.29, 0.717) is 6.42 Å². The minimum absolute atomic E-state index is 0.121. The summed E-state index contributed by atoms with van der Waals surface area (Å²) in [6, 6.07) is 8.40. The van der Waals surface area contributed by atoms with Crippen LogP contribution in [0, 0.1) is 17.5 Å². The van der Waals surface area contributed by atoms with Gasteiger partial charge in [0, 0.05) is 18.7 Å². The highest BCUT2D eigenvalue weighted by atomic mass is 19.1. The van der Waals surface area contributed by atoms with Crippen LogP contribution in [-0.2, 0) is 0 Å². The highest BCUT2D eigenvalue weighted by molar-refractivity contribution is 5.95. The Morgan fingerprint density at radius 2 is 1.42 bits per heavy atom. The molecule has 4 nitrogen and oxygen atoms in total. The summed E-state index contributed by atoms with van der Waals surface area (Å²) in [5.41, 5.74) is -0.450. The second kappa shape index (κ2) is 8.14. The molecule has 0 heterocycles. The number of halogens is 3. The first-order valence-corrected chi connectivity index (χ1v) is 7.25. The summed E-state index contributed by atoms with van der Waals surface area (Å²) in [5, 5.41) is 4.93. The van der Waals surface area contributed by atoms with Crippen LogP contribution in [0.3, 0.4) is 0 Å². The molecular formula is C17H15F3N2O2. The molecule has 0 aliphatic rings. The van der Waals surface area contributed by atoms with E-state index in [0.717, 1.165) is 18.2 Å². The zero-order chi connectivity index (χ0) is 17.5. The normalized spacial score (nSPS) is 10.3. The number of nitrogens with one attached hydrogen (secondary N) is 2. The summed E-state index contributed by atoms with van der Waals surface area (Å²) < 4.78 is 39.8. The minimum atomic E-state index is -0.938. The van der Waals surface area contributed by atoms with Gasteiger partial charge in [0.05, 0.1) is 0 Å². The molecule has 2 aromatic rings. The molecule has 0 atom stereocenters. The van der Waals surface area contributed by atoms with Crippen LogP contribution in [0.25, 0.3) is 0 Å². The van der Waals surface area contributed by atoms with E-state index in [1.807, 2.05) is 0 Å². The van der Waals surface area contributed by atoms with Crippen molar-refractivity contribution in [1.82, 2.24) is 10.6 Å². The molecule has 24 heavy (non-hydrogen) atoms. The fraction of sp³-hybridized carbons (Fsp3) is 0.176. The second-order valence-electron chi connectivity index (χ2n) is 4.97. The molecule has 0 fully saturated rings. The Hall–Kier alpha value is -2.83. The average Bonchev–Trinajstić information content (AvgIpc) is 2.54. The van der Waals surface area contributed by atoms with Crippen LogP contribution in [-0.4, -0.2) is 24.9 Å². The van der Waals surface area contributed by atoms with Crippen LogP contribution in [0.5, 0.6) is 0 Å². The zero-order valence-corrected chi connectivity index (χ0v) is 12.6. The topological polar surface area (TPSA) is 58.2 Å². The third-order valence-electron chi connectivity index (χ3n) is 3.20. The summed E-state index contributed by atoms with van der Waals surface area (Å²) in [4.78, 5) is 23.5. The van der Waals surface area contributed by atoms with Gasteiger partial charge in [-0.05, 0) is 36.8 Å². The van der Waals surface area contributed by atoms with Crippen molar-refractivity contribution in [3.8, 4) is 0 Å². The molecule has 0 spiro atoms. The van der Waals surface area contributed by atoms with Crippen LogP contribution in [0.2, 0.25) is 0 Å². The fourth-order valence-electron chi connectivity index (χ4n) is 2.03. The Morgan fingerprint density at radius 1 is 0.833 bits per heavy atom. The van der Waals surface area contributed by atoms with Crippen molar-refractivity contribution in [2.75, 3.05) is 13.1 Å². The Kier molecular flexibility index (Phi) is 5.95. The van der Waals surface area contributed by atoms with E-state index in [2.05, 4.69) is 10.6 Å². The van der Waals surface area contributed by atoms with E-state index in [9.17, 15) is 22.8 Å². The van der Waals surface area contributed by atoms with Gasteiger partial charge in [-0.2, -0.15) is 0 Å². The number of carbonyl (C=O) groups excluding carboxylic acids is 2. The Labute approximate surface area is 136 Å². The fourth-order valence-corrected chi connectivity index (χ4v) is 2.03. The molecule has 2 N–H and O–H groups in total. The third kappa shape index (κ3) is 4.58. The van der Waals surface area contributed by atoms with E-state index in [1.165, 1.54) is 24.3 Å². The lowest BCUT2D eigenvalue weighted by Gasteiger charge is -2.08. The van der Waals surface area contributed by atoms with Gasteiger partial charge < -0.3 is 10.6 Å². The summed E-state index contributed by atoms with van der Waals surface area (Å²) in [7, 11) is 0. The highest BCUT2D eigenvalue weighted by Crippen LogP contribution is 2.11. The van der Waals surface area contributed by atoms with Crippen molar-refractivity contribution in [2.24, 2.45) is 0 Å². The summed E-state index contributed by atoms with van der Waals surface area (Å²) in [6.45, 7) is 0.339. The summed E-state index contributed by atoms with van der Waals surface area (Å²) in [5.74, 6) is -3.69. The quantitative estimate of drug-likeness (QED) is 0.797. The molecule has 2 aromatic carbocycles. The lowest BCUT2D eigenvalue weighted by Crippen LogP contribution is -2.30. The first-order valence-electron chi connectivity index (χ1n) is 7.25. The standard InChI is InChI=1S/C17H15F3N2O2/c18-12-5-1-4-11(10-12)16(23)21-8-3-9-22-17(24)15-13(19)6-2-7-14(15)20/h1-2,4-7,10H,3,8-9H2,(H,21,23)(H,22,24). The Morgan fingerprint density at radius 3 is 2.04 bits per heavy atom. The van der Waals surface area contributed by atoms with Gasteiger partial charge in [-0.1, -0.05) is 12.1 Å². The third-order valence-corrected chi connectivity index (χ3v) is 3.20. The van der Waals surface area contributed by atoms with Gasteiger partial charge in [0.1, 0.15) is 23.0 Å². The molecule has 0 bridgehead atoms. The Bertz CT molecular complexity index is 730. The van der Waals surface area contributed by atoms with Crippen LogP contribution in [0.4, 0.5) is 13.2 Å². The average molecular weight is 336 g/mol. The molecule has 2 amide bonds. The molecule has 0 saturated heterocycles. The van der Waals surface area contributed by atoms with E-state index in [4.69, 9.17) is 0 Å². The molecule has 0 aliphatic carbocycles. The van der Waals surface area contributed by atoms with Crippen molar-refractivity contribution in [3.05, 3.63) is 71.0 Å². The molecule has 7 heteroatoms. The number of hydrogen-bond acceptors (Lipinski definition) is 2. The lowest BCUT2D eigenvalue weighted by molar-refractivity contribution is 0.0944. The smallest absolute Gasteiger partial charge is 0.257 e. The molecule has 0 aliphatic heterocycles. The van der Waals surface area contributed by atoms with E-state index in [-0.39, 0.29) is 18.7 Å². The molecule has 2 rings (SSSR count). The maximum absolute atomic E-state index is 13.4. The number of benzene rings is 2. The molecular weight excluding hydrogens is 321 g/mol. The second-order valence-corrected chi connectivity index (χ2v) is 4.97. The number of rotatable bonds is 6. The predicted molar refractivity (Wildman–Crippen MR) is 82.0 cm³/mol. The van der Waals surface area contributed by atoms with Crippen LogP contribution in [0.15, 0.2) is 42.5 Å². The van der Waals surface area contributed by atoms with E-state index in [1.54, 1.807) is 0 Å². The number of hydrogen-bond donors (Lipinski definition) is 2. The SMILES string of the molecule is O=C(NCCCNC(=O)c1c(F)cccc1F)c1cccc(F)c1. The summed E-state index contributed by atoms with van der Waals surface area (Å²) >= 11 is 0. The van der Waals surface area contributed by atoms with Gasteiger partial charge in [0.25, 0.3) is 11.8 Å². The van der Waals surface area contributed by atoms with Crippen molar-refractivity contribution in [1.29, 1.82) is 0 Å². The molecule has 0 aromatic heterocycles. The van der Waals surface area contributed by atoms with Gasteiger partial charge in [-0.15, -0.1) is 0 Å². The first-order chi connectivity index (χ1) is 11.5. The molecule has 0 saturated carbocycles. The zero-order valence-electron chi connectivity index (χ0n) is 12.6. The number of amides is 2. The molecule has 0 radical (unpaired) electrons. The van der Waals surface area contributed by atoms with Gasteiger partial charge in [0.15, 0.2) is 0 Å². The van der Waals surface area contributed by atoms with Crippen LogP contribution < -0.4 is 10.6 Å². The Balaban J connectivity index is 1.75. The van der Waals surface area contributed by atoms with Gasteiger partial charge in [-0.25, -0.2) is 13.2 Å². The van der Waals surface area contributed by atoms with E-state index >= 15 is 0 Å². The maximum Gasteiger partial charge on any atom is 0.257 e. The van der Waals surface area contributed by atoms with Gasteiger partial charge in [-0.3, -0.25) is 9.59 Å². The van der Waals surface area contributed by atoms with Crippen molar-refractivity contribution in [3.63, 3.8) is 0 Å². The molecule has 126 valence electrons. The van der Waals surface area contributed by atoms with Crippen LogP contribution >= 0.6 is 0 Å². The maximum atomic E-state index is 13.4.